The zero-order chi connectivity index (χ0) is 20.6. The molecule has 0 saturated carbocycles. The zero-order valence-electron chi connectivity index (χ0n) is 16.2. The number of rotatable bonds is 8. The molecule has 0 unspecified atom stereocenters. The van der Waals surface area contributed by atoms with E-state index < -0.39 is 0 Å². The molecule has 0 aliphatic heterocycles. The molecule has 2 N–H and O–H groups in total. The molecule has 0 bridgehead atoms. The molecule has 0 amide bonds. The van der Waals surface area contributed by atoms with E-state index in [4.69, 9.17) is 5.73 Å². The Morgan fingerprint density at radius 2 is 1.72 bits per heavy atom. The fraction of sp³-hybridized carbons (Fsp3) is 0.174. The number of aryl methyl sites for hydroxylation is 1. The number of ketones is 2. The Bertz CT molecular complexity index is 1030. The number of nitrogens with two attached hydrogens (primary N) is 1. The summed E-state index contributed by atoms with van der Waals surface area (Å²) in [5.41, 5.74) is 9.25. The second-order valence-electron chi connectivity index (χ2n) is 6.74. The average Bonchev–Trinajstić information content (AvgIpc) is 2.72. The molecule has 0 aliphatic rings. The fourth-order valence-corrected chi connectivity index (χ4v) is 2.77. The number of hydrogen-bond acceptors (Lipinski definition) is 6. The molecule has 0 saturated heterocycles. The van der Waals surface area contributed by atoms with Crippen LogP contribution in [-0.4, -0.2) is 26.5 Å². The van der Waals surface area contributed by atoms with Crippen LogP contribution in [0.2, 0.25) is 0 Å². The van der Waals surface area contributed by atoms with Crippen LogP contribution in [0.4, 0.5) is 5.69 Å². The Labute approximate surface area is 169 Å². The molecule has 0 radical (unpaired) electrons. The van der Waals surface area contributed by atoms with E-state index in [-0.39, 0.29) is 24.4 Å². The summed E-state index contributed by atoms with van der Waals surface area (Å²) in [5, 5.41) is 0. The van der Waals surface area contributed by atoms with E-state index in [1.165, 1.54) is 0 Å². The molecule has 6 heteroatoms. The third kappa shape index (κ3) is 5.90. The zero-order valence-corrected chi connectivity index (χ0v) is 16.2. The van der Waals surface area contributed by atoms with Gasteiger partial charge in [0.25, 0.3) is 0 Å². The van der Waals surface area contributed by atoms with Crippen molar-refractivity contribution >= 4 is 23.3 Å². The van der Waals surface area contributed by atoms with Crippen molar-refractivity contribution in [3.05, 3.63) is 89.3 Å². The van der Waals surface area contributed by atoms with Crippen molar-refractivity contribution in [1.82, 2.24) is 15.0 Å². The quantitative estimate of drug-likeness (QED) is 0.470. The Hall–Kier alpha value is -3.67. The van der Waals surface area contributed by atoms with Crippen LogP contribution in [0.3, 0.4) is 0 Å². The van der Waals surface area contributed by atoms with Gasteiger partial charge < -0.3 is 5.73 Å². The average molecular weight is 386 g/mol. The Balaban J connectivity index is 1.53. The van der Waals surface area contributed by atoms with Crippen LogP contribution in [0, 0.1) is 6.92 Å². The Kier molecular flexibility index (Phi) is 6.58. The van der Waals surface area contributed by atoms with E-state index in [0.29, 0.717) is 23.6 Å². The number of hydrogen-bond donors (Lipinski definition) is 1. The fourth-order valence-electron chi connectivity index (χ4n) is 2.77. The summed E-state index contributed by atoms with van der Waals surface area (Å²) in [7, 11) is 0. The largest absolute Gasteiger partial charge is 0.398 e. The molecular formula is C23H22N4O2. The smallest absolute Gasteiger partial charge is 0.185 e. The summed E-state index contributed by atoms with van der Waals surface area (Å²) in [6.45, 7) is 1.82. The van der Waals surface area contributed by atoms with Gasteiger partial charge in [0.1, 0.15) is 17.3 Å². The molecule has 146 valence electrons. The first-order chi connectivity index (χ1) is 14.0. The minimum atomic E-state index is -0.107. The molecule has 6 nitrogen and oxygen atoms in total. The van der Waals surface area contributed by atoms with Crippen molar-refractivity contribution in [3.63, 3.8) is 0 Å². The first kappa shape index (κ1) is 20.1. The number of nitrogen functional groups attached to an aromatic ring is 1. The van der Waals surface area contributed by atoms with Crippen molar-refractivity contribution in [2.45, 2.75) is 26.2 Å². The van der Waals surface area contributed by atoms with Gasteiger partial charge in [-0.3, -0.25) is 14.6 Å². The van der Waals surface area contributed by atoms with Crippen molar-refractivity contribution < 1.29 is 9.59 Å². The number of carbonyl (C=O) groups excluding carboxylic acids is 2. The maximum atomic E-state index is 12.4. The van der Waals surface area contributed by atoms with Crippen LogP contribution < -0.4 is 5.73 Å². The van der Waals surface area contributed by atoms with Gasteiger partial charge in [0.2, 0.25) is 0 Å². The summed E-state index contributed by atoms with van der Waals surface area (Å²) in [6.07, 6.45) is 9.41. The summed E-state index contributed by atoms with van der Waals surface area (Å²) >= 11 is 0. The molecule has 0 spiro atoms. The number of anilines is 1. The van der Waals surface area contributed by atoms with Gasteiger partial charge in [-0.05, 0) is 30.2 Å². The first-order valence-electron chi connectivity index (χ1n) is 9.29. The van der Waals surface area contributed by atoms with Crippen LogP contribution in [0.15, 0.2) is 61.1 Å². The second-order valence-corrected chi connectivity index (χ2v) is 6.74. The van der Waals surface area contributed by atoms with Gasteiger partial charge >= 0.3 is 0 Å². The van der Waals surface area contributed by atoms with Crippen molar-refractivity contribution in [1.29, 1.82) is 0 Å². The predicted molar refractivity (Wildman–Crippen MR) is 112 cm³/mol. The number of Topliss-reactive ketones (excluding diaryl/α,β-unsaturated/α-hetero) is 2. The van der Waals surface area contributed by atoms with Crippen LogP contribution in [0.1, 0.15) is 39.4 Å². The van der Waals surface area contributed by atoms with E-state index in [1.54, 1.807) is 42.9 Å². The number of para-hydroxylation sites is 1. The summed E-state index contributed by atoms with van der Waals surface area (Å²) in [4.78, 5) is 37.0. The predicted octanol–water partition coefficient (Wildman–Crippen LogP) is 3.40. The van der Waals surface area contributed by atoms with Crippen molar-refractivity contribution in [3.8, 4) is 0 Å². The van der Waals surface area contributed by atoms with E-state index in [2.05, 4.69) is 15.0 Å². The molecule has 3 aromatic rings. The highest BCUT2D eigenvalue weighted by atomic mass is 16.1. The van der Waals surface area contributed by atoms with Crippen molar-refractivity contribution in [2.75, 3.05) is 5.73 Å². The molecule has 0 fully saturated rings. The lowest BCUT2D eigenvalue weighted by molar-refractivity contribution is -0.117. The summed E-state index contributed by atoms with van der Waals surface area (Å²) in [5.74, 6) is 0.663. The molecular weight excluding hydrogens is 364 g/mol. The van der Waals surface area contributed by atoms with E-state index >= 15 is 0 Å². The van der Waals surface area contributed by atoms with Gasteiger partial charge in [0.05, 0.1) is 0 Å². The second kappa shape index (κ2) is 9.50. The number of nitrogens with zero attached hydrogens (tertiary/aromatic N) is 3. The topological polar surface area (TPSA) is 98.8 Å². The van der Waals surface area contributed by atoms with Crippen LogP contribution in [0.25, 0.3) is 6.08 Å². The molecule has 2 heterocycles. The lowest BCUT2D eigenvalue weighted by Crippen LogP contribution is -2.08. The van der Waals surface area contributed by atoms with Gasteiger partial charge in [-0.15, -0.1) is 0 Å². The van der Waals surface area contributed by atoms with Gasteiger partial charge in [0, 0.05) is 49.1 Å². The van der Waals surface area contributed by atoms with E-state index in [9.17, 15) is 9.59 Å². The maximum absolute atomic E-state index is 12.4. The number of allylic oxidation sites excluding steroid dienone is 1. The standard InChI is InChI=1S/C23H22N4O2/c1-16-25-14-18(15-26-16)5-4-7-20(28)11-17-9-10-22(27-13-17)23(29)12-19-6-2-3-8-21(19)24/h2-6,8-10,13-15H,7,11-12,24H2,1H3/b5-4+. The number of pyridine rings is 1. The Morgan fingerprint density at radius 3 is 2.41 bits per heavy atom. The normalized spacial score (nSPS) is 10.9. The highest BCUT2D eigenvalue weighted by molar-refractivity contribution is 5.96. The Morgan fingerprint density at radius 1 is 0.966 bits per heavy atom. The van der Waals surface area contributed by atoms with Crippen molar-refractivity contribution in [2.24, 2.45) is 0 Å². The summed E-state index contributed by atoms with van der Waals surface area (Å²) in [6, 6.07) is 10.7. The van der Waals surface area contributed by atoms with Gasteiger partial charge in [-0.25, -0.2) is 9.97 Å². The highest BCUT2D eigenvalue weighted by Gasteiger charge is 2.11. The molecule has 2 aromatic heterocycles. The number of benzene rings is 1. The first-order valence-corrected chi connectivity index (χ1v) is 9.29. The molecule has 1 aromatic carbocycles. The van der Waals surface area contributed by atoms with Gasteiger partial charge in [-0.1, -0.05) is 36.4 Å². The van der Waals surface area contributed by atoms with E-state index in [0.717, 1.165) is 16.7 Å². The lowest BCUT2D eigenvalue weighted by Gasteiger charge is -2.05. The number of aromatic nitrogens is 3. The monoisotopic (exact) mass is 386 g/mol. The van der Waals surface area contributed by atoms with Gasteiger partial charge in [0.15, 0.2) is 5.78 Å². The third-order valence-electron chi connectivity index (χ3n) is 4.37. The molecule has 3 rings (SSSR count). The lowest BCUT2D eigenvalue weighted by atomic mass is 10.0. The van der Waals surface area contributed by atoms with E-state index in [1.807, 2.05) is 31.2 Å². The third-order valence-corrected chi connectivity index (χ3v) is 4.37. The van der Waals surface area contributed by atoms with Crippen LogP contribution >= 0.6 is 0 Å². The maximum Gasteiger partial charge on any atom is 0.185 e. The van der Waals surface area contributed by atoms with Crippen LogP contribution in [-0.2, 0) is 17.6 Å². The van der Waals surface area contributed by atoms with Crippen LogP contribution in [0.5, 0.6) is 0 Å². The molecule has 29 heavy (non-hydrogen) atoms. The SMILES string of the molecule is Cc1ncc(/C=C/CC(=O)Cc2ccc(C(=O)Cc3ccccc3N)nc2)cn1. The molecule has 0 atom stereocenters. The van der Waals surface area contributed by atoms with Gasteiger partial charge in [-0.2, -0.15) is 0 Å². The minimum absolute atomic E-state index is 0.0622. The highest BCUT2D eigenvalue weighted by Crippen LogP contribution is 2.14. The number of carbonyl (C=O) groups is 2. The minimum Gasteiger partial charge on any atom is -0.398 e. The molecule has 0 aliphatic carbocycles. The summed E-state index contributed by atoms with van der Waals surface area (Å²) < 4.78 is 0.